The molecule has 152 valence electrons. The van der Waals surface area contributed by atoms with Crippen LogP contribution >= 0.6 is 0 Å². The minimum Gasteiger partial charge on any atom is -0.744 e. The topological polar surface area (TPSA) is 87.9 Å². The molecule has 0 N–H and O–H groups in total. The predicted octanol–water partition coefficient (Wildman–Crippen LogP) is 4.65. The van der Waals surface area contributed by atoms with Gasteiger partial charge in [-0.25, -0.2) is 8.42 Å². The third-order valence-electron chi connectivity index (χ3n) is 5.03. The zero-order valence-electron chi connectivity index (χ0n) is 16.2. The van der Waals surface area contributed by atoms with Crippen molar-refractivity contribution in [3.8, 4) is 5.69 Å². The molecular formula is C24H16N3O3S-. The van der Waals surface area contributed by atoms with Gasteiger partial charge in [0.25, 0.3) is 0 Å². The standard InChI is InChI=1S/C24H17N3O3S/c28-31(29,30)23-16-20(14-12-19(23)11-10-17-6-2-1-3-7-17)27-25-22-15-13-18-8-4-5-9-21(18)24(22)26-27/h1-16H,(H,28,29,30)/p-1/b11-10+. The van der Waals surface area contributed by atoms with Gasteiger partial charge in [0.2, 0.25) is 0 Å². The molecule has 0 atom stereocenters. The highest BCUT2D eigenvalue weighted by molar-refractivity contribution is 7.85. The van der Waals surface area contributed by atoms with Gasteiger partial charge in [-0.05, 0) is 34.7 Å². The Kier molecular flexibility index (Phi) is 4.62. The van der Waals surface area contributed by atoms with Crippen LogP contribution in [0.25, 0.3) is 39.6 Å². The number of benzene rings is 4. The normalized spacial score (nSPS) is 12.2. The zero-order valence-corrected chi connectivity index (χ0v) is 17.0. The summed E-state index contributed by atoms with van der Waals surface area (Å²) in [6.45, 7) is 0. The molecule has 0 aliphatic heterocycles. The summed E-state index contributed by atoms with van der Waals surface area (Å²) in [5.41, 5.74) is 2.99. The van der Waals surface area contributed by atoms with Gasteiger partial charge < -0.3 is 4.55 Å². The highest BCUT2D eigenvalue weighted by Crippen LogP contribution is 2.25. The van der Waals surface area contributed by atoms with Gasteiger partial charge in [0, 0.05) is 5.39 Å². The van der Waals surface area contributed by atoms with E-state index < -0.39 is 10.1 Å². The second-order valence-electron chi connectivity index (χ2n) is 7.06. The van der Waals surface area contributed by atoms with Crippen LogP contribution in [0.1, 0.15) is 11.1 Å². The van der Waals surface area contributed by atoms with Gasteiger partial charge in [0.1, 0.15) is 21.2 Å². The Morgan fingerprint density at radius 2 is 1.58 bits per heavy atom. The number of rotatable bonds is 4. The Hall–Kier alpha value is -3.81. The fraction of sp³-hybridized carbons (Fsp3) is 0. The van der Waals surface area contributed by atoms with Crippen molar-refractivity contribution in [3.05, 3.63) is 96.1 Å². The van der Waals surface area contributed by atoms with Gasteiger partial charge in [0.05, 0.1) is 10.6 Å². The Bertz CT molecular complexity index is 1560. The van der Waals surface area contributed by atoms with E-state index in [0.717, 1.165) is 16.3 Å². The van der Waals surface area contributed by atoms with Crippen LogP contribution in [0.3, 0.4) is 0 Å². The minimum atomic E-state index is -4.70. The van der Waals surface area contributed by atoms with E-state index in [4.69, 9.17) is 0 Å². The number of hydrogen-bond acceptors (Lipinski definition) is 5. The van der Waals surface area contributed by atoms with E-state index in [9.17, 15) is 13.0 Å². The second kappa shape index (κ2) is 7.46. The highest BCUT2D eigenvalue weighted by Gasteiger charge is 2.13. The smallest absolute Gasteiger partial charge is 0.125 e. The largest absolute Gasteiger partial charge is 0.744 e. The zero-order chi connectivity index (χ0) is 21.4. The maximum Gasteiger partial charge on any atom is 0.125 e. The van der Waals surface area contributed by atoms with E-state index in [1.54, 1.807) is 24.3 Å². The summed E-state index contributed by atoms with van der Waals surface area (Å²) in [7, 11) is -4.70. The molecule has 0 fully saturated rings. The van der Waals surface area contributed by atoms with Gasteiger partial charge in [-0.1, -0.05) is 78.9 Å². The summed E-state index contributed by atoms with van der Waals surface area (Å²) in [4.78, 5) is 1.04. The Morgan fingerprint density at radius 1 is 0.806 bits per heavy atom. The fourth-order valence-electron chi connectivity index (χ4n) is 3.52. The molecule has 0 aliphatic rings. The molecule has 31 heavy (non-hydrogen) atoms. The first kappa shape index (κ1) is 19.2. The van der Waals surface area contributed by atoms with Crippen LogP contribution in [0.2, 0.25) is 0 Å². The van der Waals surface area contributed by atoms with Crippen LogP contribution in [0.4, 0.5) is 0 Å². The maximum atomic E-state index is 12.0. The van der Waals surface area contributed by atoms with E-state index in [1.165, 1.54) is 10.9 Å². The van der Waals surface area contributed by atoms with Crippen LogP contribution in [-0.2, 0) is 10.1 Å². The SMILES string of the molecule is O=S(=O)([O-])c1cc(-n2nc3ccc4ccccc4c3n2)ccc1/C=C/c1ccccc1. The van der Waals surface area contributed by atoms with Crippen LogP contribution in [0, 0.1) is 0 Å². The van der Waals surface area contributed by atoms with E-state index in [0.29, 0.717) is 22.3 Å². The highest BCUT2D eigenvalue weighted by atomic mass is 32.2. The lowest BCUT2D eigenvalue weighted by Crippen LogP contribution is -2.05. The molecule has 0 unspecified atom stereocenters. The Morgan fingerprint density at radius 3 is 2.39 bits per heavy atom. The van der Waals surface area contributed by atoms with Crippen molar-refractivity contribution in [3.63, 3.8) is 0 Å². The van der Waals surface area contributed by atoms with E-state index in [2.05, 4.69) is 10.2 Å². The van der Waals surface area contributed by atoms with Crippen molar-refractivity contribution >= 4 is 44.1 Å². The third kappa shape index (κ3) is 3.72. The molecule has 1 aromatic heterocycles. The quantitative estimate of drug-likeness (QED) is 0.308. The lowest BCUT2D eigenvalue weighted by Gasteiger charge is -2.12. The lowest BCUT2D eigenvalue weighted by atomic mass is 10.1. The van der Waals surface area contributed by atoms with E-state index in [1.807, 2.05) is 66.7 Å². The predicted molar refractivity (Wildman–Crippen MR) is 120 cm³/mol. The average Bonchev–Trinajstić information content (AvgIpc) is 3.23. The molecule has 5 aromatic rings. The van der Waals surface area contributed by atoms with Crippen LogP contribution in [0.5, 0.6) is 0 Å². The van der Waals surface area contributed by atoms with Gasteiger partial charge in [-0.2, -0.15) is 4.80 Å². The molecule has 0 saturated heterocycles. The monoisotopic (exact) mass is 426 g/mol. The van der Waals surface area contributed by atoms with Crippen molar-refractivity contribution in [1.29, 1.82) is 0 Å². The molecule has 5 rings (SSSR count). The van der Waals surface area contributed by atoms with Gasteiger partial charge >= 0.3 is 0 Å². The van der Waals surface area contributed by atoms with Gasteiger partial charge in [0.15, 0.2) is 0 Å². The molecule has 0 aliphatic carbocycles. The summed E-state index contributed by atoms with van der Waals surface area (Å²) < 4.78 is 35.9. The Balaban J connectivity index is 1.62. The third-order valence-corrected chi connectivity index (χ3v) is 5.92. The number of fused-ring (bicyclic) bond motifs is 3. The van der Waals surface area contributed by atoms with Crippen LogP contribution in [-0.4, -0.2) is 28.0 Å². The molecule has 0 radical (unpaired) electrons. The van der Waals surface area contributed by atoms with Crippen molar-refractivity contribution in [2.75, 3.05) is 0 Å². The Labute approximate surface area is 178 Å². The molecule has 7 heteroatoms. The first-order chi connectivity index (χ1) is 15.0. The van der Waals surface area contributed by atoms with Crippen LogP contribution < -0.4 is 0 Å². The molecule has 1 heterocycles. The average molecular weight is 426 g/mol. The summed E-state index contributed by atoms with van der Waals surface area (Å²) >= 11 is 0. The summed E-state index contributed by atoms with van der Waals surface area (Å²) in [6.07, 6.45) is 3.38. The minimum absolute atomic E-state index is 0.310. The van der Waals surface area contributed by atoms with Crippen molar-refractivity contribution < 1.29 is 13.0 Å². The number of aromatic nitrogens is 3. The van der Waals surface area contributed by atoms with E-state index >= 15 is 0 Å². The number of nitrogens with zero attached hydrogens (tertiary/aromatic N) is 3. The molecule has 0 spiro atoms. The van der Waals surface area contributed by atoms with Crippen molar-refractivity contribution in [2.24, 2.45) is 0 Å². The van der Waals surface area contributed by atoms with E-state index in [-0.39, 0.29) is 4.90 Å². The molecule has 0 amide bonds. The van der Waals surface area contributed by atoms with Crippen molar-refractivity contribution in [1.82, 2.24) is 15.0 Å². The first-order valence-corrected chi connectivity index (χ1v) is 11.0. The lowest BCUT2D eigenvalue weighted by molar-refractivity contribution is 0.463. The fourth-order valence-corrected chi connectivity index (χ4v) is 4.21. The summed E-state index contributed by atoms with van der Waals surface area (Å²) in [6, 6.07) is 25.7. The van der Waals surface area contributed by atoms with Gasteiger partial charge in [-0.3, -0.25) is 0 Å². The molecule has 6 nitrogen and oxygen atoms in total. The molecule has 0 bridgehead atoms. The first-order valence-electron chi connectivity index (χ1n) is 9.57. The number of hydrogen-bond donors (Lipinski definition) is 0. The molecular weight excluding hydrogens is 410 g/mol. The van der Waals surface area contributed by atoms with Gasteiger partial charge in [-0.15, -0.1) is 10.2 Å². The molecule has 4 aromatic carbocycles. The van der Waals surface area contributed by atoms with Crippen LogP contribution in [0.15, 0.2) is 89.8 Å². The van der Waals surface area contributed by atoms with Crippen molar-refractivity contribution in [2.45, 2.75) is 4.90 Å². The second-order valence-corrected chi connectivity index (χ2v) is 8.41. The molecule has 0 saturated carbocycles. The summed E-state index contributed by atoms with van der Waals surface area (Å²) in [5, 5.41) is 11.0. The maximum absolute atomic E-state index is 12.0. The summed E-state index contributed by atoms with van der Waals surface area (Å²) in [5.74, 6) is 0.